The molecule has 0 fully saturated rings. The number of nitrogens with one attached hydrogen (secondary N) is 1. The first-order chi connectivity index (χ1) is 8.24. The summed E-state index contributed by atoms with van der Waals surface area (Å²) >= 11 is 11.8. The molecule has 1 rings (SSSR count). The molecule has 0 aliphatic rings. The fourth-order valence-electron chi connectivity index (χ4n) is 1.32. The average molecular weight is 291 g/mol. The van der Waals surface area contributed by atoms with Gasteiger partial charge in [0.05, 0.1) is 11.6 Å². The summed E-state index contributed by atoms with van der Waals surface area (Å²) in [6, 6.07) is 4.84. The van der Waals surface area contributed by atoms with Gasteiger partial charge in [-0.3, -0.25) is 4.79 Å². The molecule has 18 heavy (non-hydrogen) atoms. The zero-order chi connectivity index (χ0) is 13.9. The molecule has 1 amide bonds. The molecule has 6 heteroatoms. The van der Waals surface area contributed by atoms with E-state index in [-0.39, 0.29) is 6.54 Å². The van der Waals surface area contributed by atoms with Crippen LogP contribution >= 0.6 is 23.2 Å². The number of β-amino-alcohol motifs (C(OH)–C–C–N with tert-alkyl or cyclic N) is 1. The number of halogens is 2. The lowest BCUT2D eigenvalue weighted by Gasteiger charge is -2.24. The van der Waals surface area contributed by atoms with Crippen LogP contribution in [0.4, 0.5) is 0 Å². The Morgan fingerprint density at radius 1 is 1.50 bits per heavy atom. The molecule has 4 N–H and O–H groups in total. The molecule has 1 aromatic carbocycles. The van der Waals surface area contributed by atoms with Gasteiger partial charge in [-0.2, -0.15) is 0 Å². The van der Waals surface area contributed by atoms with E-state index in [0.717, 1.165) is 0 Å². The van der Waals surface area contributed by atoms with Crippen molar-refractivity contribution in [3.8, 4) is 0 Å². The molecule has 1 atom stereocenters. The predicted octanol–water partition coefficient (Wildman–Crippen LogP) is 1.88. The van der Waals surface area contributed by atoms with Crippen molar-refractivity contribution in [2.45, 2.75) is 25.5 Å². The van der Waals surface area contributed by atoms with Crippen LogP contribution in [0.5, 0.6) is 0 Å². The van der Waals surface area contributed by atoms with Crippen LogP contribution in [0.1, 0.15) is 25.5 Å². The summed E-state index contributed by atoms with van der Waals surface area (Å²) < 4.78 is 0. The Morgan fingerprint density at radius 3 is 2.67 bits per heavy atom. The van der Waals surface area contributed by atoms with Gasteiger partial charge in [-0.05, 0) is 32.0 Å². The van der Waals surface area contributed by atoms with Crippen LogP contribution < -0.4 is 11.1 Å². The van der Waals surface area contributed by atoms with Gasteiger partial charge in [-0.15, -0.1) is 0 Å². The monoisotopic (exact) mass is 290 g/mol. The number of benzene rings is 1. The van der Waals surface area contributed by atoms with Gasteiger partial charge in [0.25, 0.3) is 0 Å². The fourth-order valence-corrected chi connectivity index (χ4v) is 1.74. The lowest BCUT2D eigenvalue weighted by atomic mass is 10.0. The number of primary amides is 1. The standard InChI is InChI=1S/C12H16Cl2N2O2/c1-12(2,11(15)18)16-6-10(17)8-5-7(13)3-4-9(8)14/h3-5,10,16-17H,6H2,1-2H3,(H2,15,18). The highest BCUT2D eigenvalue weighted by Gasteiger charge is 2.25. The second-order valence-electron chi connectivity index (χ2n) is 4.55. The van der Waals surface area contributed by atoms with E-state index in [2.05, 4.69) is 5.32 Å². The maximum absolute atomic E-state index is 11.1. The second-order valence-corrected chi connectivity index (χ2v) is 5.40. The van der Waals surface area contributed by atoms with Crippen LogP contribution in [0.25, 0.3) is 0 Å². The number of rotatable bonds is 5. The molecule has 1 aromatic rings. The minimum absolute atomic E-state index is 0.149. The summed E-state index contributed by atoms with van der Waals surface area (Å²) in [5, 5.41) is 13.8. The van der Waals surface area contributed by atoms with Crippen molar-refractivity contribution in [2.75, 3.05) is 6.54 Å². The van der Waals surface area contributed by atoms with Crippen molar-refractivity contribution in [2.24, 2.45) is 5.73 Å². The first-order valence-electron chi connectivity index (χ1n) is 5.42. The maximum Gasteiger partial charge on any atom is 0.237 e. The van der Waals surface area contributed by atoms with E-state index in [4.69, 9.17) is 28.9 Å². The van der Waals surface area contributed by atoms with E-state index < -0.39 is 17.6 Å². The third-order valence-electron chi connectivity index (χ3n) is 2.67. The van der Waals surface area contributed by atoms with Gasteiger partial charge in [0.1, 0.15) is 0 Å². The number of carbonyl (C=O) groups excluding carboxylic acids is 1. The Bertz CT molecular complexity index is 450. The minimum Gasteiger partial charge on any atom is -0.387 e. The van der Waals surface area contributed by atoms with Crippen molar-refractivity contribution in [1.29, 1.82) is 0 Å². The highest BCUT2D eigenvalue weighted by Crippen LogP contribution is 2.26. The highest BCUT2D eigenvalue weighted by molar-refractivity contribution is 6.33. The molecule has 0 radical (unpaired) electrons. The van der Waals surface area contributed by atoms with Gasteiger partial charge < -0.3 is 16.2 Å². The summed E-state index contributed by atoms with van der Waals surface area (Å²) in [4.78, 5) is 11.1. The van der Waals surface area contributed by atoms with Gasteiger partial charge in [0.2, 0.25) is 5.91 Å². The number of carbonyl (C=O) groups is 1. The third kappa shape index (κ3) is 3.85. The van der Waals surface area contributed by atoms with Crippen LogP contribution in [0.2, 0.25) is 10.0 Å². The Kier molecular flexibility index (Phi) is 4.99. The molecule has 0 aliphatic carbocycles. The first-order valence-corrected chi connectivity index (χ1v) is 6.17. The molecular weight excluding hydrogens is 275 g/mol. The topological polar surface area (TPSA) is 75.3 Å². The molecule has 0 aromatic heterocycles. The van der Waals surface area contributed by atoms with Gasteiger partial charge in [0, 0.05) is 22.2 Å². The van der Waals surface area contributed by atoms with E-state index in [1.165, 1.54) is 0 Å². The molecule has 4 nitrogen and oxygen atoms in total. The normalized spacial score (nSPS) is 13.4. The zero-order valence-corrected chi connectivity index (χ0v) is 11.7. The van der Waals surface area contributed by atoms with Crippen LogP contribution in [0.3, 0.4) is 0 Å². The molecule has 0 bridgehead atoms. The summed E-state index contributed by atoms with van der Waals surface area (Å²) in [6.45, 7) is 3.43. The quantitative estimate of drug-likeness (QED) is 0.775. The van der Waals surface area contributed by atoms with Crippen molar-refractivity contribution in [3.05, 3.63) is 33.8 Å². The average Bonchev–Trinajstić information content (AvgIpc) is 2.29. The number of hydrogen-bond acceptors (Lipinski definition) is 3. The molecule has 0 saturated heterocycles. The predicted molar refractivity (Wildman–Crippen MR) is 72.7 cm³/mol. The Balaban J connectivity index is 2.74. The van der Waals surface area contributed by atoms with E-state index in [1.807, 2.05) is 0 Å². The van der Waals surface area contributed by atoms with Crippen molar-refractivity contribution in [1.82, 2.24) is 5.32 Å². The Hall–Kier alpha value is -0.810. The van der Waals surface area contributed by atoms with E-state index in [9.17, 15) is 9.90 Å². The van der Waals surface area contributed by atoms with Crippen molar-refractivity contribution < 1.29 is 9.90 Å². The van der Waals surface area contributed by atoms with Gasteiger partial charge in [-0.1, -0.05) is 23.2 Å². The zero-order valence-electron chi connectivity index (χ0n) is 10.2. The van der Waals surface area contributed by atoms with Crippen LogP contribution in [-0.4, -0.2) is 23.1 Å². The lowest BCUT2D eigenvalue weighted by Crippen LogP contribution is -2.51. The lowest BCUT2D eigenvalue weighted by molar-refractivity contribution is -0.123. The Labute approximate surface area is 116 Å². The summed E-state index contributed by atoms with van der Waals surface area (Å²) in [5.41, 5.74) is 4.83. The van der Waals surface area contributed by atoms with Gasteiger partial charge >= 0.3 is 0 Å². The molecule has 0 aliphatic heterocycles. The summed E-state index contributed by atoms with van der Waals surface area (Å²) in [5.74, 6) is -0.494. The third-order valence-corrected chi connectivity index (χ3v) is 3.25. The maximum atomic E-state index is 11.1. The molecule has 100 valence electrons. The molecule has 0 heterocycles. The smallest absolute Gasteiger partial charge is 0.237 e. The fraction of sp³-hybridized carbons (Fsp3) is 0.417. The molecule has 0 saturated carbocycles. The number of nitrogens with two attached hydrogens (primary N) is 1. The van der Waals surface area contributed by atoms with E-state index in [0.29, 0.717) is 15.6 Å². The van der Waals surface area contributed by atoms with Gasteiger partial charge in [0.15, 0.2) is 0 Å². The van der Waals surface area contributed by atoms with E-state index >= 15 is 0 Å². The van der Waals surface area contributed by atoms with Crippen LogP contribution in [0.15, 0.2) is 18.2 Å². The van der Waals surface area contributed by atoms with Gasteiger partial charge in [-0.25, -0.2) is 0 Å². The molecule has 0 spiro atoms. The highest BCUT2D eigenvalue weighted by atomic mass is 35.5. The molecule has 1 unspecified atom stereocenters. The van der Waals surface area contributed by atoms with Crippen LogP contribution in [-0.2, 0) is 4.79 Å². The second kappa shape index (κ2) is 5.89. The van der Waals surface area contributed by atoms with Crippen molar-refractivity contribution in [3.63, 3.8) is 0 Å². The number of hydrogen-bond donors (Lipinski definition) is 3. The summed E-state index contributed by atoms with van der Waals surface area (Å²) in [7, 11) is 0. The first kappa shape index (κ1) is 15.2. The number of aliphatic hydroxyl groups is 1. The summed E-state index contributed by atoms with van der Waals surface area (Å²) in [6.07, 6.45) is -0.866. The SMILES string of the molecule is CC(C)(NCC(O)c1cc(Cl)ccc1Cl)C(N)=O. The minimum atomic E-state index is -0.897. The Morgan fingerprint density at radius 2 is 2.11 bits per heavy atom. The van der Waals surface area contributed by atoms with Crippen LogP contribution in [0, 0.1) is 0 Å². The largest absolute Gasteiger partial charge is 0.387 e. The number of amides is 1. The molecular formula is C12H16Cl2N2O2. The number of aliphatic hydroxyl groups excluding tert-OH is 1. The van der Waals surface area contributed by atoms with E-state index in [1.54, 1.807) is 32.0 Å². The van der Waals surface area contributed by atoms with Crippen molar-refractivity contribution >= 4 is 29.1 Å².